The molecular weight excluding hydrogens is 266 g/mol. The van der Waals surface area contributed by atoms with Crippen LogP contribution >= 0.6 is 0 Å². The standard InChI is InChI=1S/C17H21NO3/c1-12(18(3)11-15-9-10-21-13(15)2)17(19)14-5-7-16(20-4)8-6-14/h5-10,12H,11H2,1-4H3. The molecule has 2 aromatic rings. The summed E-state index contributed by atoms with van der Waals surface area (Å²) in [5, 5.41) is 0. The van der Waals surface area contributed by atoms with E-state index < -0.39 is 0 Å². The zero-order valence-corrected chi connectivity index (χ0v) is 12.9. The van der Waals surface area contributed by atoms with Gasteiger partial charge in [0.15, 0.2) is 5.78 Å². The summed E-state index contributed by atoms with van der Waals surface area (Å²) in [5.74, 6) is 1.74. The lowest BCUT2D eigenvalue weighted by atomic mass is 10.0. The Kier molecular flexibility index (Phi) is 4.81. The van der Waals surface area contributed by atoms with Crippen molar-refractivity contribution in [3.05, 3.63) is 53.5 Å². The van der Waals surface area contributed by atoms with Gasteiger partial charge >= 0.3 is 0 Å². The third-order valence-corrected chi connectivity index (χ3v) is 3.80. The van der Waals surface area contributed by atoms with Crippen LogP contribution in [0.25, 0.3) is 0 Å². The molecule has 4 nitrogen and oxygen atoms in total. The fourth-order valence-electron chi connectivity index (χ4n) is 2.18. The molecule has 0 saturated carbocycles. The molecule has 0 fully saturated rings. The molecule has 0 bridgehead atoms. The molecule has 0 aliphatic rings. The van der Waals surface area contributed by atoms with E-state index in [1.807, 2.05) is 31.9 Å². The molecule has 1 heterocycles. The van der Waals surface area contributed by atoms with Crippen LogP contribution in [0, 0.1) is 6.92 Å². The summed E-state index contributed by atoms with van der Waals surface area (Å²) in [6.45, 7) is 4.53. The predicted molar refractivity (Wildman–Crippen MR) is 81.7 cm³/mol. The van der Waals surface area contributed by atoms with Crippen molar-refractivity contribution in [2.75, 3.05) is 14.2 Å². The van der Waals surface area contributed by atoms with E-state index in [-0.39, 0.29) is 11.8 Å². The average molecular weight is 287 g/mol. The van der Waals surface area contributed by atoms with Crippen LogP contribution in [0.15, 0.2) is 41.0 Å². The van der Waals surface area contributed by atoms with Crippen LogP contribution in [-0.2, 0) is 6.54 Å². The van der Waals surface area contributed by atoms with Crippen molar-refractivity contribution in [3.8, 4) is 5.75 Å². The second-order valence-electron chi connectivity index (χ2n) is 5.19. The van der Waals surface area contributed by atoms with Gasteiger partial charge < -0.3 is 9.15 Å². The normalized spacial score (nSPS) is 12.4. The van der Waals surface area contributed by atoms with E-state index in [2.05, 4.69) is 0 Å². The van der Waals surface area contributed by atoms with E-state index in [0.717, 1.165) is 17.1 Å². The zero-order chi connectivity index (χ0) is 15.4. The molecule has 0 amide bonds. The highest BCUT2D eigenvalue weighted by Gasteiger charge is 2.20. The minimum Gasteiger partial charge on any atom is -0.497 e. The number of ketones is 1. The molecule has 21 heavy (non-hydrogen) atoms. The fraction of sp³-hybridized carbons (Fsp3) is 0.353. The van der Waals surface area contributed by atoms with Gasteiger partial charge in [-0.3, -0.25) is 9.69 Å². The van der Waals surface area contributed by atoms with E-state index in [9.17, 15) is 4.79 Å². The summed E-state index contributed by atoms with van der Waals surface area (Å²) in [4.78, 5) is 14.5. The molecule has 1 aromatic heterocycles. The first kappa shape index (κ1) is 15.3. The number of benzene rings is 1. The number of ether oxygens (including phenoxy) is 1. The third-order valence-electron chi connectivity index (χ3n) is 3.80. The first-order valence-electron chi connectivity index (χ1n) is 6.94. The van der Waals surface area contributed by atoms with Crippen LogP contribution in [0.2, 0.25) is 0 Å². The van der Waals surface area contributed by atoms with Crippen molar-refractivity contribution in [1.82, 2.24) is 4.90 Å². The summed E-state index contributed by atoms with van der Waals surface area (Å²) in [6, 6.07) is 8.95. The van der Waals surface area contributed by atoms with Gasteiger partial charge in [-0.25, -0.2) is 0 Å². The van der Waals surface area contributed by atoms with Crippen molar-refractivity contribution in [3.63, 3.8) is 0 Å². The number of furan rings is 1. The Hall–Kier alpha value is -2.07. The molecule has 1 aromatic carbocycles. The quantitative estimate of drug-likeness (QED) is 0.765. The highest BCUT2D eigenvalue weighted by molar-refractivity contribution is 5.99. The first-order valence-corrected chi connectivity index (χ1v) is 6.94. The second kappa shape index (κ2) is 6.59. The molecule has 0 spiro atoms. The largest absolute Gasteiger partial charge is 0.497 e. The Morgan fingerprint density at radius 1 is 1.29 bits per heavy atom. The molecule has 0 aliphatic heterocycles. The van der Waals surface area contributed by atoms with Crippen LogP contribution < -0.4 is 4.74 Å². The second-order valence-corrected chi connectivity index (χ2v) is 5.19. The Morgan fingerprint density at radius 2 is 1.95 bits per heavy atom. The van der Waals surface area contributed by atoms with Crippen molar-refractivity contribution in [1.29, 1.82) is 0 Å². The highest BCUT2D eigenvalue weighted by atomic mass is 16.5. The molecule has 0 saturated heterocycles. The number of likely N-dealkylation sites (N-methyl/N-ethyl adjacent to an activating group) is 1. The van der Waals surface area contributed by atoms with E-state index >= 15 is 0 Å². The van der Waals surface area contributed by atoms with Gasteiger partial charge in [0.05, 0.1) is 19.4 Å². The maximum atomic E-state index is 12.5. The molecule has 4 heteroatoms. The predicted octanol–water partition coefficient (Wildman–Crippen LogP) is 3.30. The number of methoxy groups -OCH3 is 1. The molecule has 112 valence electrons. The van der Waals surface area contributed by atoms with Gasteiger partial charge in [0, 0.05) is 17.7 Å². The number of carbonyl (C=O) groups is 1. The Balaban J connectivity index is 2.05. The molecule has 2 rings (SSSR count). The van der Waals surface area contributed by atoms with E-state index in [0.29, 0.717) is 12.1 Å². The monoisotopic (exact) mass is 287 g/mol. The summed E-state index contributed by atoms with van der Waals surface area (Å²) >= 11 is 0. The number of hydrogen-bond acceptors (Lipinski definition) is 4. The van der Waals surface area contributed by atoms with Gasteiger partial charge in [-0.1, -0.05) is 0 Å². The van der Waals surface area contributed by atoms with Crippen molar-refractivity contribution in [2.45, 2.75) is 26.4 Å². The van der Waals surface area contributed by atoms with Crippen molar-refractivity contribution in [2.24, 2.45) is 0 Å². The summed E-state index contributed by atoms with van der Waals surface area (Å²) in [5.41, 5.74) is 1.80. The Morgan fingerprint density at radius 3 is 2.48 bits per heavy atom. The number of carbonyl (C=O) groups excluding carboxylic acids is 1. The topological polar surface area (TPSA) is 42.7 Å². The van der Waals surface area contributed by atoms with E-state index in [1.165, 1.54) is 0 Å². The van der Waals surface area contributed by atoms with Crippen molar-refractivity contribution >= 4 is 5.78 Å². The van der Waals surface area contributed by atoms with Crippen molar-refractivity contribution < 1.29 is 13.9 Å². The van der Waals surface area contributed by atoms with Crippen LogP contribution in [0.4, 0.5) is 0 Å². The smallest absolute Gasteiger partial charge is 0.179 e. The maximum Gasteiger partial charge on any atom is 0.179 e. The average Bonchev–Trinajstić information content (AvgIpc) is 2.91. The summed E-state index contributed by atoms with van der Waals surface area (Å²) < 4.78 is 10.4. The van der Waals surface area contributed by atoms with Gasteiger partial charge in [0.25, 0.3) is 0 Å². The number of rotatable bonds is 6. The minimum absolute atomic E-state index is 0.0984. The third kappa shape index (κ3) is 3.52. The van der Waals surface area contributed by atoms with Gasteiger partial charge in [-0.2, -0.15) is 0 Å². The highest BCUT2D eigenvalue weighted by Crippen LogP contribution is 2.17. The van der Waals surface area contributed by atoms with Crippen LogP contribution in [0.3, 0.4) is 0 Å². The molecule has 0 radical (unpaired) electrons. The Bertz CT molecular complexity index is 601. The molecule has 0 N–H and O–H groups in total. The lowest BCUT2D eigenvalue weighted by Crippen LogP contribution is -2.35. The number of aryl methyl sites for hydroxylation is 1. The van der Waals surface area contributed by atoms with E-state index in [1.54, 1.807) is 37.6 Å². The lowest BCUT2D eigenvalue weighted by molar-refractivity contribution is 0.0861. The van der Waals surface area contributed by atoms with Gasteiger partial charge in [0.1, 0.15) is 11.5 Å². The molecule has 1 unspecified atom stereocenters. The zero-order valence-electron chi connectivity index (χ0n) is 12.9. The minimum atomic E-state index is -0.201. The SMILES string of the molecule is COc1ccc(C(=O)C(C)N(C)Cc2ccoc2C)cc1. The van der Waals surface area contributed by atoms with Gasteiger partial charge in [-0.05, 0) is 51.2 Å². The molecule has 1 atom stereocenters. The number of hydrogen-bond donors (Lipinski definition) is 0. The molecular formula is C17H21NO3. The summed E-state index contributed by atoms with van der Waals surface area (Å²) in [7, 11) is 3.55. The van der Waals surface area contributed by atoms with E-state index in [4.69, 9.17) is 9.15 Å². The summed E-state index contributed by atoms with van der Waals surface area (Å²) in [6.07, 6.45) is 1.68. The Labute approximate surface area is 125 Å². The van der Waals surface area contributed by atoms with Gasteiger partial charge in [0.2, 0.25) is 0 Å². The lowest BCUT2D eigenvalue weighted by Gasteiger charge is -2.23. The van der Waals surface area contributed by atoms with Crippen LogP contribution in [0.5, 0.6) is 5.75 Å². The van der Waals surface area contributed by atoms with Crippen LogP contribution in [0.1, 0.15) is 28.6 Å². The van der Waals surface area contributed by atoms with Gasteiger partial charge in [-0.15, -0.1) is 0 Å². The fourth-order valence-corrected chi connectivity index (χ4v) is 2.18. The number of nitrogens with zero attached hydrogens (tertiary/aromatic N) is 1. The molecule has 0 aliphatic carbocycles. The van der Waals surface area contributed by atoms with Crippen LogP contribution in [-0.4, -0.2) is 30.9 Å². The first-order chi connectivity index (χ1) is 10.0. The maximum absolute atomic E-state index is 12.5. The number of Topliss-reactive ketones (excluding diaryl/α,β-unsaturated/α-hetero) is 1.